The van der Waals surface area contributed by atoms with Gasteiger partial charge in [-0.1, -0.05) is 121 Å². The average molecular weight is 485 g/mol. The quantitative estimate of drug-likeness (QED) is 0.313. The predicted octanol–water partition coefficient (Wildman–Crippen LogP) is 5.38. The standard InChI is InChI=1S/C30H30O2P2/c1-30(24-34(28-18-10-4-11-19-28)29-20-12-5-13-21-29)31-22-25(32-30)23-33(26-14-6-2-7-15-26)27-16-8-3-9-17-27/h2-21,25H,22-24H2,1H3/t25-,30+/m1/s1. The predicted molar refractivity (Wildman–Crippen MR) is 147 cm³/mol. The number of rotatable bonds is 8. The van der Waals surface area contributed by atoms with Gasteiger partial charge in [0.2, 0.25) is 0 Å². The first-order chi connectivity index (χ1) is 16.7. The Hall–Kier alpha value is -2.34. The van der Waals surface area contributed by atoms with Gasteiger partial charge >= 0.3 is 0 Å². The van der Waals surface area contributed by atoms with Gasteiger partial charge in [-0.15, -0.1) is 0 Å². The lowest BCUT2D eigenvalue weighted by atomic mass is 10.4. The topological polar surface area (TPSA) is 18.5 Å². The van der Waals surface area contributed by atoms with E-state index in [-0.39, 0.29) is 6.10 Å². The van der Waals surface area contributed by atoms with Crippen LogP contribution in [-0.4, -0.2) is 30.8 Å². The first-order valence-corrected chi connectivity index (χ1v) is 14.8. The molecule has 2 atom stereocenters. The Morgan fingerprint density at radius 3 is 1.41 bits per heavy atom. The zero-order valence-electron chi connectivity index (χ0n) is 19.5. The van der Waals surface area contributed by atoms with Gasteiger partial charge in [0.15, 0.2) is 5.79 Å². The molecule has 0 spiro atoms. The Bertz CT molecular complexity index is 1080. The molecule has 0 aromatic heterocycles. The molecule has 0 amide bonds. The van der Waals surface area contributed by atoms with Crippen molar-refractivity contribution in [3.63, 3.8) is 0 Å². The zero-order chi connectivity index (χ0) is 23.2. The summed E-state index contributed by atoms with van der Waals surface area (Å²) in [5.74, 6) is -0.587. The summed E-state index contributed by atoms with van der Waals surface area (Å²) < 4.78 is 13.1. The monoisotopic (exact) mass is 484 g/mol. The first-order valence-electron chi connectivity index (χ1n) is 11.8. The zero-order valence-corrected chi connectivity index (χ0v) is 21.2. The van der Waals surface area contributed by atoms with Crippen LogP contribution in [0.25, 0.3) is 0 Å². The highest BCUT2D eigenvalue weighted by Gasteiger charge is 2.40. The fourth-order valence-electron chi connectivity index (χ4n) is 4.48. The maximum absolute atomic E-state index is 6.71. The molecule has 4 heteroatoms. The largest absolute Gasteiger partial charge is 0.347 e. The lowest BCUT2D eigenvalue weighted by molar-refractivity contribution is -0.132. The highest BCUT2D eigenvalue weighted by molar-refractivity contribution is 7.73. The molecule has 4 aromatic rings. The summed E-state index contributed by atoms with van der Waals surface area (Å²) in [5.41, 5.74) is 0. The molecule has 1 saturated heterocycles. The molecular weight excluding hydrogens is 454 g/mol. The van der Waals surface area contributed by atoms with E-state index in [4.69, 9.17) is 9.47 Å². The van der Waals surface area contributed by atoms with Crippen molar-refractivity contribution in [2.45, 2.75) is 18.8 Å². The van der Waals surface area contributed by atoms with Crippen LogP contribution in [-0.2, 0) is 9.47 Å². The SMILES string of the molecule is C[C@]1(CP(c2ccccc2)c2ccccc2)OC[C@H](CP(c2ccccc2)c2ccccc2)O1. The summed E-state index contributed by atoms with van der Waals surface area (Å²) in [7, 11) is -1.09. The molecule has 1 heterocycles. The molecule has 0 N–H and O–H groups in total. The van der Waals surface area contributed by atoms with E-state index < -0.39 is 21.6 Å². The van der Waals surface area contributed by atoms with Crippen molar-refractivity contribution >= 4 is 37.1 Å². The summed E-state index contributed by atoms with van der Waals surface area (Å²) in [5, 5.41) is 5.49. The molecule has 4 aromatic carbocycles. The summed E-state index contributed by atoms with van der Waals surface area (Å²) in [4.78, 5) is 0. The van der Waals surface area contributed by atoms with E-state index in [1.165, 1.54) is 21.2 Å². The van der Waals surface area contributed by atoms with Crippen molar-refractivity contribution in [1.29, 1.82) is 0 Å². The number of benzene rings is 4. The molecule has 172 valence electrons. The molecule has 0 radical (unpaired) electrons. The van der Waals surface area contributed by atoms with Crippen LogP contribution >= 0.6 is 15.8 Å². The van der Waals surface area contributed by atoms with Gasteiger partial charge < -0.3 is 9.47 Å². The third kappa shape index (κ3) is 5.65. The molecule has 5 rings (SSSR count). The van der Waals surface area contributed by atoms with Crippen LogP contribution in [0.2, 0.25) is 0 Å². The summed E-state index contributed by atoms with van der Waals surface area (Å²) in [6.07, 6.45) is 1.90. The fraction of sp³-hybridized carbons (Fsp3) is 0.200. The molecule has 0 aliphatic carbocycles. The van der Waals surface area contributed by atoms with Crippen molar-refractivity contribution in [3.05, 3.63) is 121 Å². The van der Waals surface area contributed by atoms with Crippen LogP contribution in [0.3, 0.4) is 0 Å². The lowest BCUT2D eigenvalue weighted by Gasteiger charge is -2.30. The maximum atomic E-state index is 6.71. The van der Waals surface area contributed by atoms with Crippen molar-refractivity contribution < 1.29 is 9.47 Å². The normalized spacial score (nSPS) is 20.1. The minimum Gasteiger partial charge on any atom is -0.347 e. The Kier molecular flexibility index (Phi) is 7.53. The number of hydrogen-bond donors (Lipinski definition) is 0. The van der Waals surface area contributed by atoms with E-state index in [1.807, 2.05) is 0 Å². The van der Waals surface area contributed by atoms with Gasteiger partial charge in [0.05, 0.1) is 12.7 Å². The number of ether oxygens (including phenoxy) is 2. The van der Waals surface area contributed by atoms with E-state index in [1.54, 1.807) is 0 Å². The third-order valence-electron chi connectivity index (χ3n) is 6.09. The van der Waals surface area contributed by atoms with Gasteiger partial charge in [0.25, 0.3) is 0 Å². The highest BCUT2D eigenvalue weighted by atomic mass is 31.1. The molecule has 34 heavy (non-hydrogen) atoms. The van der Waals surface area contributed by atoms with Gasteiger partial charge in [-0.3, -0.25) is 0 Å². The van der Waals surface area contributed by atoms with Crippen molar-refractivity contribution in [2.24, 2.45) is 0 Å². The molecule has 1 fully saturated rings. The molecule has 0 unspecified atom stereocenters. The molecule has 1 aliphatic heterocycles. The van der Waals surface area contributed by atoms with Crippen LogP contribution in [0, 0.1) is 0 Å². The molecule has 0 saturated carbocycles. The Labute approximate surface area is 205 Å². The Morgan fingerprint density at radius 1 is 0.618 bits per heavy atom. The van der Waals surface area contributed by atoms with Gasteiger partial charge in [-0.05, 0) is 44.0 Å². The molecule has 2 nitrogen and oxygen atoms in total. The van der Waals surface area contributed by atoms with Crippen molar-refractivity contribution in [2.75, 3.05) is 18.9 Å². The van der Waals surface area contributed by atoms with Crippen LogP contribution in [0.15, 0.2) is 121 Å². The summed E-state index contributed by atoms with van der Waals surface area (Å²) in [6.45, 7) is 2.77. The van der Waals surface area contributed by atoms with Gasteiger partial charge in [-0.2, -0.15) is 0 Å². The third-order valence-corrected chi connectivity index (χ3v) is 11.4. The van der Waals surface area contributed by atoms with Crippen molar-refractivity contribution in [1.82, 2.24) is 0 Å². The van der Waals surface area contributed by atoms with Gasteiger partial charge in [0.1, 0.15) is 0 Å². The second kappa shape index (κ2) is 10.9. The van der Waals surface area contributed by atoms with Crippen LogP contribution < -0.4 is 21.2 Å². The van der Waals surface area contributed by atoms with Crippen LogP contribution in [0.5, 0.6) is 0 Å². The van der Waals surface area contributed by atoms with Gasteiger partial charge in [0, 0.05) is 12.3 Å². The first kappa shape index (κ1) is 23.4. The fourth-order valence-corrected chi connectivity index (χ4v) is 9.32. The van der Waals surface area contributed by atoms with E-state index in [9.17, 15) is 0 Å². The van der Waals surface area contributed by atoms with E-state index in [0.717, 1.165) is 12.3 Å². The smallest absolute Gasteiger partial charge is 0.170 e. The summed E-state index contributed by atoms with van der Waals surface area (Å²) in [6, 6.07) is 43.3. The molecule has 1 aliphatic rings. The average Bonchev–Trinajstić information content (AvgIpc) is 3.28. The Morgan fingerprint density at radius 2 is 1.00 bits per heavy atom. The van der Waals surface area contributed by atoms with E-state index in [2.05, 4.69) is 128 Å². The minimum absolute atomic E-state index is 0.0833. The van der Waals surface area contributed by atoms with Crippen molar-refractivity contribution in [3.8, 4) is 0 Å². The molecular formula is C30H30O2P2. The minimum atomic E-state index is -0.587. The highest BCUT2D eigenvalue weighted by Crippen LogP contribution is 2.43. The second-order valence-electron chi connectivity index (χ2n) is 8.72. The van der Waals surface area contributed by atoms with E-state index >= 15 is 0 Å². The second-order valence-corrected chi connectivity index (χ2v) is 13.2. The van der Waals surface area contributed by atoms with Gasteiger partial charge in [-0.25, -0.2) is 0 Å². The lowest BCUT2D eigenvalue weighted by Crippen LogP contribution is -2.34. The van der Waals surface area contributed by atoms with Crippen LogP contribution in [0.1, 0.15) is 6.92 Å². The number of hydrogen-bond acceptors (Lipinski definition) is 2. The van der Waals surface area contributed by atoms with Crippen LogP contribution in [0.4, 0.5) is 0 Å². The Balaban J connectivity index is 1.35. The van der Waals surface area contributed by atoms with E-state index in [0.29, 0.717) is 6.61 Å². The molecule has 0 bridgehead atoms. The maximum Gasteiger partial charge on any atom is 0.170 e. The summed E-state index contributed by atoms with van der Waals surface area (Å²) >= 11 is 0.